The number of carbonyl (C=O) groups excluding carboxylic acids is 1. The van der Waals surface area contributed by atoms with E-state index < -0.39 is 28.3 Å². The smallest absolute Gasteiger partial charge is 0.307 e. The molecule has 23 heavy (non-hydrogen) atoms. The van der Waals surface area contributed by atoms with Crippen molar-refractivity contribution >= 4 is 11.9 Å². The predicted octanol–water partition coefficient (Wildman–Crippen LogP) is -4.51. The molecule has 0 aliphatic carbocycles. The molecule has 2 N–H and O–H groups in total. The number of hydrogen-bond acceptors (Lipinski definition) is 8. The Morgan fingerprint density at radius 2 is 1.61 bits per heavy atom. The minimum absolute atomic E-state index is 0.0463. The van der Waals surface area contributed by atoms with E-state index in [1.54, 1.807) is 0 Å². The molecular formula is C12H24ClNO9. The Bertz CT molecular complexity index is 345. The Balaban J connectivity index is 0. The van der Waals surface area contributed by atoms with Crippen LogP contribution in [0.4, 0.5) is 0 Å². The molecule has 0 saturated heterocycles. The Morgan fingerprint density at radius 3 is 1.96 bits per heavy atom. The number of aliphatic carboxylic acids is 1. The lowest BCUT2D eigenvalue weighted by Gasteiger charge is -2.28. The number of esters is 1. The van der Waals surface area contributed by atoms with E-state index >= 15 is 0 Å². The van der Waals surface area contributed by atoms with Gasteiger partial charge in [0, 0.05) is 13.0 Å². The van der Waals surface area contributed by atoms with Gasteiger partial charge < -0.3 is 19.4 Å². The van der Waals surface area contributed by atoms with Crippen LogP contribution in [0.1, 0.15) is 25.7 Å². The van der Waals surface area contributed by atoms with Crippen LogP contribution in [0, 0.1) is 10.2 Å². The maximum absolute atomic E-state index is 11.5. The van der Waals surface area contributed by atoms with Gasteiger partial charge in [0.05, 0.1) is 27.6 Å². The Morgan fingerprint density at radius 1 is 1.13 bits per heavy atom. The standard InChI is InChI=1S/C12H23NO5.ClHO4/c1-13(2,3)9-10(8-11(15)16)18-12(17)6-4-5-7-14;2-1(3,4)5/h10,14H,4-9H2,1-3H3;(H,2,3,4,5)/t10-;/m0./s1. The highest BCUT2D eigenvalue weighted by Gasteiger charge is 2.24. The molecule has 0 radical (unpaired) electrons. The highest BCUT2D eigenvalue weighted by molar-refractivity contribution is 5.71. The largest absolute Gasteiger partial charge is 0.481 e. The number of carboxylic acid groups (broad SMARTS) is 1. The van der Waals surface area contributed by atoms with Crippen LogP contribution in [0.2, 0.25) is 0 Å². The van der Waals surface area contributed by atoms with Crippen molar-refractivity contribution in [1.29, 1.82) is 0 Å². The molecule has 11 heteroatoms. The molecule has 0 amide bonds. The minimum Gasteiger partial charge on any atom is -0.481 e. The van der Waals surface area contributed by atoms with Gasteiger partial charge in [-0.05, 0) is 12.8 Å². The van der Waals surface area contributed by atoms with Crippen molar-refractivity contribution < 1.29 is 57.9 Å². The first-order chi connectivity index (χ1) is 10.2. The maximum atomic E-state index is 11.5. The van der Waals surface area contributed by atoms with E-state index in [0.29, 0.717) is 23.9 Å². The number of unbranched alkanes of at least 4 members (excludes halogenated alkanes) is 1. The van der Waals surface area contributed by atoms with Crippen molar-refractivity contribution in [2.45, 2.75) is 31.8 Å². The number of halogens is 1. The number of carbonyl (C=O) groups is 2. The summed E-state index contributed by atoms with van der Waals surface area (Å²) in [6.07, 6.45) is 0.534. The molecule has 0 aliphatic heterocycles. The summed E-state index contributed by atoms with van der Waals surface area (Å²) in [4.78, 5) is 22.2. The molecule has 0 saturated carbocycles. The van der Waals surface area contributed by atoms with Crippen LogP contribution in [0.15, 0.2) is 0 Å². The molecule has 0 aromatic carbocycles. The number of quaternary nitrogens is 1. The Kier molecular flexibility index (Phi) is 12.1. The number of likely N-dealkylation sites (N-methyl/N-ethyl adjacent to an activating group) is 1. The number of aliphatic hydroxyl groups excluding tert-OH is 1. The number of aliphatic hydroxyl groups is 1. The highest BCUT2D eigenvalue weighted by Crippen LogP contribution is 2.07. The Hall–Kier alpha value is -1.01. The first kappa shape index (κ1) is 24.2. The second kappa shape index (κ2) is 11.5. The maximum Gasteiger partial charge on any atom is 0.307 e. The van der Waals surface area contributed by atoms with Crippen LogP contribution in [-0.4, -0.2) is 67.0 Å². The van der Waals surface area contributed by atoms with Gasteiger partial charge in [0.1, 0.15) is 6.54 Å². The molecule has 0 fully saturated rings. The van der Waals surface area contributed by atoms with Crippen molar-refractivity contribution in [1.82, 2.24) is 0 Å². The summed E-state index contributed by atoms with van der Waals surface area (Å²) < 4.78 is 39.7. The second-order valence-electron chi connectivity index (χ2n) is 5.74. The van der Waals surface area contributed by atoms with Gasteiger partial charge in [-0.25, -0.2) is 18.6 Å². The van der Waals surface area contributed by atoms with E-state index in [0.717, 1.165) is 0 Å². The normalized spacial score (nSPS) is 12.9. The van der Waals surface area contributed by atoms with Gasteiger partial charge in [-0.1, -0.05) is 0 Å². The van der Waals surface area contributed by atoms with Gasteiger partial charge in [0.15, 0.2) is 6.10 Å². The highest BCUT2D eigenvalue weighted by atomic mass is 35.7. The fraction of sp³-hybridized carbons (Fsp3) is 0.833. The van der Waals surface area contributed by atoms with Gasteiger partial charge in [-0.15, -0.1) is 10.2 Å². The number of rotatable bonds is 9. The van der Waals surface area contributed by atoms with E-state index in [9.17, 15) is 9.59 Å². The predicted molar refractivity (Wildman–Crippen MR) is 66.0 cm³/mol. The first-order valence-electron chi connectivity index (χ1n) is 6.69. The molecule has 0 spiro atoms. The molecule has 0 heterocycles. The molecule has 0 rings (SSSR count). The van der Waals surface area contributed by atoms with Crippen LogP contribution in [0.3, 0.4) is 0 Å². The van der Waals surface area contributed by atoms with Crippen LogP contribution >= 0.6 is 0 Å². The molecule has 10 nitrogen and oxygen atoms in total. The summed E-state index contributed by atoms with van der Waals surface area (Å²) in [6.45, 7) is 0.503. The zero-order chi connectivity index (χ0) is 18.7. The quantitative estimate of drug-likeness (QED) is 0.232. The Labute approximate surface area is 136 Å². The molecule has 1 atom stereocenters. The number of hydrogen-bond donors (Lipinski definition) is 2. The third-order valence-corrected chi connectivity index (χ3v) is 2.24. The van der Waals surface area contributed by atoms with Crippen molar-refractivity contribution in [2.24, 2.45) is 0 Å². The molecular weight excluding hydrogens is 338 g/mol. The summed E-state index contributed by atoms with van der Waals surface area (Å²) in [5.74, 6) is -1.38. The summed E-state index contributed by atoms with van der Waals surface area (Å²) in [6, 6.07) is 0. The average Bonchev–Trinajstić information content (AvgIpc) is 2.23. The number of nitrogens with zero attached hydrogens (tertiary/aromatic N) is 1. The van der Waals surface area contributed by atoms with E-state index in [1.807, 2.05) is 21.1 Å². The molecule has 0 unspecified atom stereocenters. The summed E-state index contributed by atoms with van der Waals surface area (Å²) in [5, 5.41) is 17.4. The van der Waals surface area contributed by atoms with E-state index in [-0.39, 0.29) is 19.4 Å². The summed E-state index contributed by atoms with van der Waals surface area (Å²) in [7, 11) is 0.789. The van der Waals surface area contributed by atoms with Gasteiger partial charge >= 0.3 is 11.9 Å². The molecule has 0 aliphatic rings. The fourth-order valence-corrected chi connectivity index (χ4v) is 1.58. The summed E-state index contributed by atoms with van der Waals surface area (Å²) >= 11 is 0. The monoisotopic (exact) mass is 361 g/mol. The van der Waals surface area contributed by atoms with Crippen molar-refractivity contribution in [2.75, 3.05) is 34.3 Å². The number of carboxylic acids is 1. The molecule has 0 aromatic rings. The van der Waals surface area contributed by atoms with Crippen molar-refractivity contribution in [3.05, 3.63) is 0 Å². The van der Waals surface area contributed by atoms with Crippen molar-refractivity contribution in [3.8, 4) is 0 Å². The van der Waals surface area contributed by atoms with E-state index in [4.69, 9.17) is 33.6 Å². The summed E-state index contributed by atoms with van der Waals surface area (Å²) in [5.41, 5.74) is 0. The number of ether oxygens (including phenoxy) is 1. The average molecular weight is 362 g/mol. The third kappa shape index (κ3) is 26.2. The third-order valence-electron chi connectivity index (χ3n) is 2.24. The van der Waals surface area contributed by atoms with Crippen molar-refractivity contribution in [3.63, 3.8) is 0 Å². The lowest BCUT2D eigenvalue weighted by Crippen LogP contribution is -2.68. The van der Waals surface area contributed by atoms with Crippen LogP contribution < -0.4 is 18.6 Å². The van der Waals surface area contributed by atoms with Crippen LogP contribution in [0.5, 0.6) is 0 Å². The zero-order valence-corrected chi connectivity index (χ0v) is 14.2. The lowest BCUT2D eigenvalue weighted by atomic mass is 10.2. The van der Waals surface area contributed by atoms with Crippen LogP contribution in [0.25, 0.3) is 0 Å². The first-order valence-corrected chi connectivity index (χ1v) is 7.92. The minimum atomic E-state index is -4.94. The fourth-order valence-electron chi connectivity index (χ4n) is 1.58. The second-order valence-corrected chi connectivity index (χ2v) is 6.50. The van der Waals surface area contributed by atoms with Gasteiger partial charge in [0.2, 0.25) is 0 Å². The van der Waals surface area contributed by atoms with E-state index in [1.165, 1.54) is 0 Å². The molecule has 0 bridgehead atoms. The topological polar surface area (TPSA) is 176 Å². The SMILES string of the molecule is C[N+](C)(C)C[C@H](CC(=O)O)OC(=O)CCCCO.[O-][Cl+3]([O-])([O-])[O-]. The van der Waals surface area contributed by atoms with Crippen LogP contribution in [-0.2, 0) is 14.3 Å². The molecule has 0 aromatic heterocycles. The van der Waals surface area contributed by atoms with E-state index in [2.05, 4.69) is 0 Å². The lowest BCUT2D eigenvalue weighted by molar-refractivity contribution is -2.00. The zero-order valence-electron chi connectivity index (χ0n) is 13.4. The van der Waals surface area contributed by atoms with Gasteiger partial charge in [0.25, 0.3) is 0 Å². The molecule has 138 valence electrons. The van der Waals surface area contributed by atoms with Gasteiger partial charge in [-0.3, -0.25) is 9.59 Å². The van der Waals surface area contributed by atoms with Gasteiger partial charge in [-0.2, -0.15) is 0 Å².